The molecule has 0 saturated carbocycles. The molecular formula is C26H30FN3O5. The zero-order valence-corrected chi connectivity index (χ0v) is 19.7. The highest BCUT2D eigenvalue weighted by Gasteiger charge is 2.26. The number of aromatic nitrogens is 2. The molecule has 3 aromatic rings. The van der Waals surface area contributed by atoms with Crippen LogP contribution in [0.3, 0.4) is 0 Å². The second kappa shape index (κ2) is 11.7. The SMILES string of the molecule is CC(C)c1nc(C(=O)Nc2ccccc2)c(-c2ccc(F)cc2)n1CCC(O)CC(O)CC(=O)O. The van der Waals surface area contributed by atoms with Crippen LogP contribution in [-0.2, 0) is 11.3 Å². The van der Waals surface area contributed by atoms with Crippen molar-refractivity contribution in [2.24, 2.45) is 0 Å². The fourth-order valence-corrected chi connectivity index (χ4v) is 3.90. The number of imidazole rings is 1. The predicted molar refractivity (Wildman–Crippen MR) is 130 cm³/mol. The molecule has 0 radical (unpaired) electrons. The molecule has 0 fully saturated rings. The predicted octanol–water partition coefficient (Wildman–Crippen LogP) is 4.04. The summed E-state index contributed by atoms with van der Waals surface area (Å²) in [5, 5.41) is 31.9. The number of hydrogen-bond donors (Lipinski definition) is 4. The summed E-state index contributed by atoms with van der Waals surface area (Å²) >= 11 is 0. The van der Waals surface area contributed by atoms with Crippen LogP contribution in [0.5, 0.6) is 0 Å². The fourth-order valence-electron chi connectivity index (χ4n) is 3.90. The van der Waals surface area contributed by atoms with Gasteiger partial charge >= 0.3 is 5.97 Å². The van der Waals surface area contributed by atoms with Gasteiger partial charge < -0.3 is 25.2 Å². The second-order valence-electron chi connectivity index (χ2n) is 8.73. The molecule has 1 heterocycles. The molecule has 2 aromatic carbocycles. The van der Waals surface area contributed by atoms with Gasteiger partial charge in [0.2, 0.25) is 0 Å². The van der Waals surface area contributed by atoms with E-state index in [1.807, 2.05) is 24.5 Å². The molecule has 8 nitrogen and oxygen atoms in total. The summed E-state index contributed by atoms with van der Waals surface area (Å²) in [7, 11) is 0. The van der Waals surface area contributed by atoms with Crippen LogP contribution in [0.2, 0.25) is 0 Å². The van der Waals surface area contributed by atoms with E-state index in [0.717, 1.165) is 0 Å². The Labute approximate surface area is 203 Å². The third kappa shape index (κ3) is 6.97. The van der Waals surface area contributed by atoms with Crippen LogP contribution in [0.4, 0.5) is 10.1 Å². The van der Waals surface area contributed by atoms with Crippen molar-refractivity contribution in [1.29, 1.82) is 0 Å². The lowest BCUT2D eigenvalue weighted by molar-refractivity contribution is -0.139. The molecule has 0 aliphatic heterocycles. The van der Waals surface area contributed by atoms with Gasteiger partial charge in [0.25, 0.3) is 5.91 Å². The first-order chi connectivity index (χ1) is 16.7. The van der Waals surface area contributed by atoms with Crippen molar-refractivity contribution in [3.8, 4) is 11.3 Å². The van der Waals surface area contributed by atoms with Crippen LogP contribution in [0.25, 0.3) is 11.3 Å². The van der Waals surface area contributed by atoms with Gasteiger partial charge in [-0.1, -0.05) is 32.0 Å². The van der Waals surface area contributed by atoms with Crippen molar-refractivity contribution in [2.45, 2.75) is 57.8 Å². The number of carboxylic acids is 1. The van der Waals surface area contributed by atoms with E-state index in [1.54, 1.807) is 36.4 Å². The van der Waals surface area contributed by atoms with Crippen LogP contribution in [-0.4, -0.2) is 49.0 Å². The average Bonchev–Trinajstić information content (AvgIpc) is 3.18. The third-order valence-corrected chi connectivity index (χ3v) is 5.52. The second-order valence-corrected chi connectivity index (χ2v) is 8.73. The van der Waals surface area contributed by atoms with Crippen molar-refractivity contribution in [1.82, 2.24) is 9.55 Å². The summed E-state index contributed by atoms with van der Waals surface area (Å²) in [5.41, 5.74) is 1.85. The summed E-state index contributed by atoms with van der Waals surface area (Å²) in [6, 6.07) is 14.7. The Morgan fingerprint density at radius 3 is 2.29 bits per heavy atom. The number of para-hydroxylation sites is 1. The van der Waals surface area contributed by atoms with Gasteiger partial charge in [0, 0.05) is 23.7 Å². The van der Waals surface area contributed by atoms with E-state index < -0.39 is 36.3 Å². The normalized spacial score (nSPS) is 13.0. The number of aliphatic hydroxyl groups excluding tert-OH is 2. The lowest BCUT2D eigenvalue weighted by Gasteiger charge is -2.18. The number of rotatable bonds is 11. The van der Waals surface area contributed by atoms with E-state index in [9.17, 15) is 24.2 Å². The first-order valence-corrected chi connectivity index (χ1v) is 11.5. The Kier molecular flexibility index (Phi) is 8.73. The standard InChI is InChI=1S/C26H30FN3O5/c1-16(2)25-29-23(26(35)28-19-6-4-3-5-7-19)24(17-8-10-18(27)11-9-17)30(25)13-12-20(31)14-21(32)15-22(33)34/h3-11,16,20-21,31-32H,12-15H2,1-2H3,(H,28,35)(H,33,34). The molecule has 0 aliphatic carbocycles. The first-order valence-electron chi connectivity index (χ1n) is 11.5. The van der Waals surface area contributed by atoms with Crippen LogP contribution >= 0.6 is 0 Å². The minimum absolute atomic E-state index is 0.0674. The van der Waals surface area contributed by atoms with E-state index in [-0.39, 0.29) is 31.0 Å². The fraction of sp³-hybridized carbons (Fsp3) is 0.346. The smallest absolute Gasteiger partial charge is 0.305 e. The molecule has 1 amide bonds. The van der Waals surface area contributed by atoms with E-state index in [4.69, 9.17) is 5.11 Å². The molecule has 0 saturated heterocycles. The number of nitrogens with zero attached hydrogens (tertiary/aromatic N) is 2. The summed E-state index contributed by atoms with van der Waals surface area (Å²) in [5.74, 6) is -1.44. The van der Waals surface area contributed by atoms with Crippen molar-refractivity contribution in [3.05, 3.63) is 71.9 Å². The van der Waals surface area contributed by atoms with Crippen molar-refractivity contribution in [2.75, 3.05) is 5.32 Å². The van der Waals surface area contributed by atoms with E-state index in [1.165, 1.54) is 12.1 Å². The molecule has 2 unspecified atom stereocenters. The molecule has 3 rings (SSSR count). The lowest BCUT2D eigenvalue weighted by atomic mass is 10.1. The van der Waals surface area contributed by atoms with Gasteiger partial charge in [0.15, 0.2) is 5.69 Å². The van der Waals surface area contributed by atoms with Gasteiger partial charge in [0.1, 0.15) is 11.6 Å². The molecule has 186 valence electrons. The number of hydrogen-bond acceptors (Lipinski definition) is 5. The number of aliphatic carboxylic acids is 1. The number of carbonyl (C=O) groups excluding carboxylic acids is 1. The number of aliphatic hydroxyl groups is 2. The van der Waals surface area contributed by atoms with Gasteiger partial charge in [-0.05, 0) is 49.2 Å². The Balaban J connectivity index is 1.96. The molecule has 1 aromatic heterocycles. The third-order valence-electron chi connectivity index (χ3n) is 5.52. The van der Waals surface area contributed by atoms with Crippen LogP contribution in [0, 0.1) is 5.82 Å². The minimum Gasteiger partial charge on any atom is -0.481 e. The van der Waals surface area contributed by atoms with Gasteiger partial charge in [-0.2, -0.15) is 0 Å². The Morgan fingerprint density at radius 2 is 1.69 bits per heavy atom. The summed E-state index contributed by atoms with van der Waals surface area (Å²) in [4.78, 5) is 28.7. The molecular weight excluding hydrogens is 453 g/mol. The van der Waals surface area contributed by atoms with E-state index >= 15 is 0 Å². The maximum absolute atomic E-state index is 13.6. The molecule has 9 heteroatoms. The van der Waals surface area contributed by atoms with Crippen LogP contribution in [0.1, 0.15) is 55.3 Å². The number of anilines is 1. The summed E-state index contributed by atoms with van der Waals surface area (Å²) < 4.78 is 15.5. The zero-order chi connectivity index (χ0) is 25.5. The number of carboxylic acid groups (broad SMARTS) is 1. The first kappa shape index (κ1) is 26.1. The zero-order valence-electron chi connectivity index (χ0n) is 19.7. The topological polar surface area (TPSA) is 125 Å². The molecule has 35 heavy (non-hydrogen) atoms. The number of carbonyl (C=O) groups is 2. The lowest BCUT2D eigenvalue weighted by Crippen LogP contribution is -2.22. The molecule has 0 spiro atoms. The van der Waals surface area contributed by atoms with Gasteiger partial charge in [-0.25, -0.2) is 9.37 Å². The number of amides is 1. The van der Waals surface area contributed by atoms with Crippen LogP contribution < -0.4 is 5.32 Å². The highest BCUT2D eigenvalue weighted by atomic mass is 19.1. The molecule has 2 atom stereocenters. The number of nitrogens with one attached hydrogen (secondary N) is 1. The monoisotopic (exact) mass is 483 g/mol. The van der Waals surface area contributed by atoms with Crippen molar-refractivity contribution in [3.63, 3.8) is 0 Å². The Morgan fingerprint density at radius 1 is 1.03 bits per heavy atom. The highest BCUT2D eigenvalue weighted by Crippen LogP contribution is 2.30. The van der Waals surface area contributed by atoms with E-state index in [2.05, 4.69) is 10.3 Å². The van der Waals surface area contributed by atoms with Gasteiger partial charge in [-0.3, -0.25) is 9.59 Å². The number of benzene rings is 2. The quantitative estimate of drug-likeness (QED) is 0.326. The largest absolute Gasteiger partial charge is 0.481 e. The van der Waals surface area contributed by atoms with E-state index in [0.29, 0.717) is 22.8 Å². The van der Waals surface area contributed by atoms with Crippen LogP contribution in [0.15, 0.2) is 54.6 Å². The van der Waals surface area contributed by atoms with Gasteiger partial charge in [-0.15, -0.1) is 0 Å². The molecule has 4 N–H and O–H groups in total. The Bertz CT molecular complexity index is 1150. The maximum atomic E-state index is 13.6. The summed E-state index contributed by atoms with van der Waals surface area (Å²) in [6.45, 7) is 4.12. The molecule has 0 aliphatic rings. The van der Waals surface area contributed by atoms with Crippen molar-refractivity contribution < 1.29 is 29.3 Å². The highest BCUT2D eigenvalue weighted by molar-refractivity contribution is 6.07. The summed E-state index contributed by atoms with van der Waals surface area (Å²) in [6.07, 6.45) is -2.48. The van der Waals surface area contributed by atoms with Crippen molar-refractivity contribution >= 4 is 17.6 Å². The number of halogens is 1. The molecule has 0 bridgehead atoms. The Hall–Kier alpha value is -3.56. The van der Waals surface area contributed by atoms with Gasteiger partial charge in [0.05, 0.1) is 24.3 Å². The minimum atomic E-state index is -1.17. The average molecular weight is 484 g/mol. The maximum Gasteiger partial charge on any atom is 0.305 e.